The molecule has 1 saturated heterocycles. The number of para-hydroxylation sites is 1. The van der Waals surface area contributed by atoms with Crippen molar-refractivity contribution in [3.63, 3.8) is 0 Å². The number of aromatic carboxylic acids is 1. The molecule has 1 aliphatic rings. The van der Waals surface area contributed by atoms with Gasteiger partial charge in [-0.2, -0.15) is 0 Å². The Hall–Kier alpha value is -4.30. The molecule has 0 saturated carbocycles. The molecule has 2 atom stereocenters. The van der Waals surface area contributed by atoms with E-state index in [2.05, 4.69) is 58.6 Å². The topological polar surface area (TPSA) is 90.9 Å². The second kappa shape index (κ2) is 16.1. The van der Waals surface area contributed by atoms with Crippen LogP contribution >= 0.6 is 15.9 Å². The summed E-state index contributed by atoms with van der Waals surface area (Å²) >= 11 is 3.61. The fourth-order valence-electron chi connectivity index (χ4n) is 5.55. The van der Waals surface area contributed by atoms with Crippen molar-refractivity contribution in [2.45, 2.75) is 65.5 Å². The third-order valence-electron chi connectivity index (χ3n) is 7.88. The molecule has 0 radical (unpaired) electrons. The summed E-state index contributed by atoms with van der Waals surface area (Å²) in [5.74, 6) is 0.554. The lowest BCUT2D eigenvalue weighted by Gasteiger charge is -2.31. The quantitative estimate of drug-likeness (QED) is 0.157. The van der Waals surface area contributed by atoms with Gasteiger partial charge in [0.2, 0.25) is 5.91 Å². The molecular weight excluding hydrogens is 630 g/mol. The highest BCUT2D eigenvalue weighted by Crippen LogP contribution is 2.31. The normalized spacial score (nSPS) is 17.0. The zero-order valence-electron chi connectivity index (χ0n) is 26.3. The van der Waals surface area contributed by atoms with Crippen LogP contribution in [0.1, 0.15) is 61.5 Å². The van der Waals surface area contributed by atoms with Crippen molar-refractivity contribution in [2.75, 3.05) is 17.2 Å². The standard InChI is InChI=1S/C37H42BrN3O4/c1-5-7-11-25(3)34-21-17-29(24-45-30-18-15-28(16-19-30)37(43)44)41(34)36(42)23-27-14-20-32(26(4)22-27)39-35(10-6-2)40-33-13-9-8-12-31(33)38/h5,7-16,18-20,22,29,34,39-40H,6,17,21,23-24H2,1-4H3,(H,43,44)/b7-5-,25-11+,35-10-. The smallest absolute Gasteiger partial charge is 0.335 e. The number of amides is 1. The highest BCUT2D eigenvalue weighted by atomic mass is 79.9. The zero-order valence-corrected chi connectivity index (χ0v) is 27.9. The summed E-state index contributed by atoms with van der Waals surface area (Å²) < 4.78 is 7.05. The van der Waals surface area contributed by atoms with E-state index in [4.69, 9.17) is 4.74 Å². The number of nitrogens with one attached hydrogen (secondary N) is 2. The van der Waals surface area contributed by atoms with Gasteiger partial charge in [0.1, 0.15) is 18.2 Å². The first-order valence-corrected chi connectivity index (χ1v) is 16.1. The molecule has 0 spiro atoms. The summed E-state index contributed by atoms with van der Waals surface area (Å²) in [7, 11) is 0. The lowest BCUT2D eigenvalue weighted by atomic mass is 10.0. The molecule has 3 aromatic carbocycles. The van der Waals surface area contributed by atoms with Crippen molar-refractivity contribution < 1.29 is 19.4 Å². The van der Waals surface area contributed by atoms with Gasteiger partial charge in [0.25, 0.3) is 0 Å². The average Bonchev–Trinajstić information content (AvgIpc) is 3.46. The van der Waals surface area contributed by atoms with E-state index in [1.165, 1.54) is 12.1 Å². The highest BCUT2D eigenvalue weighted by molar-refractivity contribution is 9.10. The van der Waals surface area contributed by atoms with Gasteiger partial charge in [0, 0.05) is 10.2 Å². The summed E-state index contributed by atoms with van der Waals surface area (Å²) in [5, 5.41) is 16.2. The Kier molecular flexibility index (Phi) is 12.0. The number of rotatable bonds is 13. The molecule has 3 N–H and O–H groups in total. The number of nitrogens with zero attached hydrogens (tertiary/aromatic N) is 1. The second-order valence-electron chi connectivity index (χ2n) is 11.2. The second-order valence-corrected chi connectivity index (χ2v) is 12.1. The van der Waals surface area contributed by atoms with Crippen LogP contribution in [-0.2, 0) is 11.2 Å². The summed E-state index contributed by atoms with van der Waals surface area (Å²) in [4.78, 5) is 27.2. The number of hydrogen-bond donors (Lipinski definition) is 3. The highest BCUT2D eigenvalue weighted by Gasteiger charge is 2.37. The molecule has 45 heavy (non-hydrogen) atoms. The molecule has 236 valence electrons. The number of hydrogen-bond acceptors (Lipinski definition) is 5. The predicted octanol–water partition coefficient (Wildman–Crippen LogP) is 8.73. The number of carbonyl (C=O) groups excluding carboxylic acids is 1. The Bertz CT molecular complexity index is 1580. The summed E-state index contributed by atoms with van der Waals surface area (Å²) in [6.45, 7) is 8.54. The molecule has 1 amide bonds. The third-order valence-corrected chi connectivity index (χ3v) is 8.57. The minimum atomic E-state index is -0.977. The van der Waals surface area contributed by atoms with Crippen molar-refractivity contribution >= 4 is 39.2 Å². The zero-order chi connectivity index (χ0) is 32.3. The number of likely N-dealkylation sites (tertiary alicyclic amines) is 1. The molecule has 4 rings (SSSR count). The molecule has 2 unspecified atom stereocenters. The molecular formula is C37H42BrN3O4. The fourth-order valence-corrected chi connectivity index (χ4v) is 5.93. The molecule has 1 heterocycles. The van der Waals surface area contributed by atoms with Gasteiger partial charge in [-0.3, -0.25) is 4.79 Å². The van der Waals surface area contributed by atoms with Crippen LogP contribution in [0.5, 0.6) is 5.75 Å². The van der Waals surface area contributed by atoms with Crippen LogP contribution in [0.3, 0.4) is 0 Å². The Balaban J connectivity index is 1.48. The molecule has 0 aliphatic carbocycles. The van der Waals surface area contributed by atoms with Crippen LogP contribution in [0.2, 0.25) is 0 Å². The van der Waals surface area contributed by atoms with Gasteiger partial charge < -0.3 is 25.4 Å². The summed E-state index contributed by atoms with van der Waals surface area (Å²) in [5.41, 5.74) is 5.28. The minimum Gasteiger partial charge on any atom is -0.491 e. The maximum atomic E-state index is 14.0. The monoisotopic (exact) mass is 671 g/mol. The number of carboxylic acids is 1. The SMILES string of the molecule is C/C=C\C=C(/C)C1CCC(COc2ccc(C(=O)O)cc2)N1C(=O)Cc1ccc(N/C(=C/CC)Nc2ccccc2Br)c(C)c1. The largest absolute Gasteiger partial charge is 0.491 e. The number of aryl methyl sites for hydroxylation is 1. The number of anilines is 2. The van der Waals surface area contributed by atoms with Crippen LogP contribution in [0.15, 0.2) is 107 Å². The van der Waals surface area contributed by atoms with E-state index in [1.54, 1.807) is 12.1 Å². The van der Waals surface area contributed by atoms with Crippen LogP contribution in [0.25, 0.3) is 0 Å². The van der Waals surface area contributed by atoms with E-state index >= 15 is 0 Å². The Morgan fingerprint density at radius 2 is 1.78 bits per heavy atom. The number of ether oxygens (including phenoxy) is 1. The Morgan fingerprint density at radius 1 is 1.04 bits per heavy atom. The van der Waals surface area contributed by atoms with Crippen molar-refractivity contribution in [3.05, 3.63) is 124 Å². The maximum absolute atomic E-state index is 14.0. The molecule has 0 aromatic heterocycles. The fraction of sp³-hybridized carbons (Fsp3) is 0.297. The van der Waals surface area contributed by atoms with Gasteiger partial charge in [-0.05, 0) is 116 Å². The van der Waals surface area contributed by atoms with Crippen molar-refractivity contribution in [1.29, 1.82) is 0 Å². The van der Waals surface area contributed by atoms with E-state index in [0.717, 1.165) is 57.6 Å². The van der Waals surface area contributed by atoms with Gasteiger partial charge >= 0.3 is 5.97 Å². The van der Waals surface area contributed by atoms with Gasteiger partial charge in [0.15, 0.2) is 0 Å². The van der Waals surface area contributed by atoms with Crippen LogP contribution < -0.4 is 15.4 Å². The van der Waals surface area contributed by atoms with E-state index < -0.39 is 5.97 Å². The number of allylic oxidation sites excluding steroid dienone is 4. The van der Waals surface area contributed by atoms with E-state index in [9.17, 15) is 14.7 Å². The average molecular weight is 673 g/mol. The Labute approximate surface area is 274 Å². The molecule has 1 fully saturated rings. The van der Waals surface area contributed by atoms with Crippen LogP contribution in [0.4, 0.5) is 11.4 Å². The lowest BCUT2D eigenvalue weighted by molar-refractivity contribution is -0.133. The minimum absolute atomic E-state index is 0.0103. The molecule has 1 aliphatic heterocycles. The van der Waals surface area contributed by atoms with Crippen molar-refractivity contribution in [2.24, 2.45) is 0 Å². The van der Waals surface area contributed by atoms with Gasteiger partial charge in [0.05, 0.1) is 29.8 Å². The number of benzene rings is 3. The van der Waals surface area contributed by atoms with E-state index in [1.807, 2.05) is 67.3 Å². The first-order chi connectivity index (χ1) is 21.7. The molecule has 3 aromatic rings. The predicted molar refractivity (Wildman–Crippen MR) is 186 cm³/mol. The van der Waals surface area contributed by atoms with Gasteiger partial charge in [-0.1, -0.05) is 55.0 Å². The van der Waals surface area contributed by atoms with Crippen molar-refractivity contribution in [1.82, 2.24) is 4.90 Å². The van der Waals surface area contributed by atoms with E-state index in [0.29, 0.717) is 12.4 Å². The van der Waals surface area contributed by atoms with Crippen LogP contribution in [-0.4, -0.2) is 40.6 Å². The van der Waals surface area contributed by atoms with Gasteiger partial charge in [-0.25, -0.2) is 4.79 Å². The third kappa shape index (κ3) is 9.11. The summed E-state index contributed by atoms with van der Waals surface area (Å²) in [6.07, 6.45) is 11.0. The maximum Gasteiger partial charge on any atom is 0.335 e. The van der Waals surface area contributed by atoms with Gasteiger partial charge in [-0.15, -0.1) is 0 Å². The Morgan fingerprint density at radius 3 is 2.44 bits per heavy atom. The van der Waals surface area contributed by atoms with Crippen LogP contribution in [0, 0.1) is 6.92 Å². The summed E-state index contributed by atoms with van der Waals surface area (Å²) in [6, 6.07) is 20.4. The number of carbonyl (C=O) groups is 2. The molecule has 0 bridgehead atoms. The van der Waals surface area contributed by atoms with E-state index in [-0.39, 0.29) is 30.0 Å². The molecule has 8 heteroatoms. The first-order valence-electron chi connectivity index (χ1n) is 15.3. The number of halogens is 1. The first kappa shape index (κ1) is 33.6. The van der Waals surface area contributed by atoms with Crippen molar-refractivity contribution in [3.8, 4) is 5.75 Å². The lowest BCUT2D eigenvalue weighted by Crippen LogP contribution is -2.45. The molecule has 7 nitrogen and oxygen atoms in total. The number of carboxylic acid groups (broad SMARTS) is 1.